The second-order valence-electron chi connectivity index (χ2n) is 5.69. The number of rotatable bonds is 5. The summed E-state index contributed by atoms with van der Waals surface area (Å²) in [5.41, 5.74) is 0. The Morgan fingerprint density at radius 2 is 2.05 bits per heavy atom. The predicted octanol–water partition coefficient (Wildman–Crippen LogP) is 2.50. The Bertz CT molecular complexity index is 560. The molecule has 0 N–H and O–H groups in total. The van der Waals surface area contributed by atoms with Crippen LogP contribution < -0.4 is 4.74 Å². The molecule has 0 bridgehead atoms. The topological polar surface area (TPSA) is 32.8 Å². The van der Waals surface area contributed by atoms with Crippen LogP contribution in [0.5, 0.6) is 5.75 Å². The van der Waals surface area contributed by atoms with Crippen molar-refractivity contribution in [3.63, 3.8) is 0 Å². The lowest BCUT2D eigenvalue weighted by Gasteiger charge is -2.43. The lowest BCUT2D eigenvalue weighted by Crippen LogP contribution is -2.58. The van der Waals surface area contributed by atoms with E-state index in [4.69, 9.17) is 4.74 Å². The van der Waals surface area contributed by atoms with Crippen LogP contribution in [0.15, 0.2) is 29.2 Å². The van der Waals surface area contributed by atoms with Crippen molar-refractivity contribution in [2.75, 3.05) is 26.2 Å². The van der Waals surface area contributed by atoms with Crippen molar-refractivity contribution in [1.82, 2.24) is 10.0 Å². The first-order valence-electron chi connectivity index (χ1n) is 7.46. The first-order valence-corrected chi connectivity index (χ1v) is 10.3. The second kappa shape index (κ2) is 7.18. The van der Waals surface area contributed by atoms with Crippen LogP contribution in [0, 0.1) is 0 Å². The van der Waals surface area contributed by atoms with E-state index in [1.165, 1.54) is 0 Å². The Morgan fingerprint density at radius 3 is 2.68 bits per heavy atom. The van der Waals surface area contributed by atoms with Crippen molar-refractivity contribution >= 4 is 24.1 Å². The molecule has 2 fully saturated rings. The Hall–Kier alpha value is -0.810. The molecule has 0 radical (unpaired) electrons. The third-order valence-corrected chi connectivity index (χ3v) is 6.47. The van der Waals surface area contributed by atoms with Gasteiger partial charge in [-0.3, -0.25) is 4.90 Å². The van der Waals surface area contributed by atoms with E-state index in [2.05, 4.69) is 11.2 Å². The van der Waals surface area contributed by atoms with Crippen LogP contribution >= 0.6 is 7.41 Å². The second-order valence-corrected chi connectivity index (χ2v) is 8.69. The molecule has 4 nitrogen and oxygen atoms in total. The highest BCUT2D eigenvalue weighted by Gasteiger charge is 2.34. The van der Waals surface area contributed by atoms with Gasteiger partial charge in [0.15, 0.2) is 0 Å². The Morgan fingerprint density at radius 1 is 1.32 bits per heavy atom. The van der Waals surface area contributed by atoms with Gasteiger partial charge < -0.3 is 4.74 Å². The highest BCUT2D eigenvalue weighted by Crippen LogP contribution is 2.25. The maximum Gasteiger partial charge on any atom is 0.120 e. The summed E-state index contributed by atoms with van der Waals surface area (Å²) in [6, 6.07) is 7.82. The highest BCUT2D eigenvalue weighted by atomic mass is 32.7. The number of piperidine rings is 1. The van der Waals surface area contributed by atoms with E-state index in [1.54, 1.807) is 0 Å². The fraction of sp³-hybridized carbons (Fsp3) is 0.533. The molecule has 3 rings (SSSR count). The summed E-state index contributed by atoms with van der Waals surface area (Å²) in [4.78, 5) is 3.10. The van der Waals surface area contributed by atoms with Crippen molar-refractivity contribution in [2.45, 2.75) is 29.9 Å². The van der Waals surface area contributed by atoms with Gasteiger partial charge in [0.2, 0.25) is 0 Å². The third-order valence-electron chi connectivity index (χ3n) is 4.24. The number of likely N-dealkylation sites (tertiary alicyclic amines) is 1. The number of ether oxygens (including phenoxy) is 1. The van der Waals surface area contributed by atoms with Crippen LogP contribution in [0.25, 0.3) is 0 Å². The molecule has 0 aromatic heterocycles. The molecule has 2 aliphatic heterocycles. The van der Waals surface area contributed by atoms with Crippen molar-refractivity contribution in [3.05, 3.63) is 24.3 Å². The molecular formula is C15H20FN2O2PS. The zero-order chi connectivity index (χ0) is 15.5. The van der Waals surface area contributed by atoms with Crippen molar-refractivity contribution in [2.24, 2.45) is 0 Å². The summed E-state index contributed by atoms with van der Waals surface area (Å²) in [7, 11) is -0.480. The molecule has 1 aromatic rings. The van der Waals surface area contributed by atoms with Gasteiger partial charge in [-0.25, -0.2) is 4.21 Å². The zero-order valence-electron chi connectivity index (χ0n) is 12.4. The maximum atomic E-state index is 12.8. The fourth-order valence-electron chi connectivity index (χ4n) is 2.92. The quantitative estimate of drug-likeness (QED) is 0.608. The van der Waals surface area contributed by atoms with Gasteiger partial charge in [0.05, 0.1) is 4.90 Å². The van der Waals surface area contributed by atoms with Gasteiger partial charge in [-0.1, -0.05) is 12.4 Å². The van der Waals surface area contributed by atoms with Gasteiger partial charge in [0.25, 0.3) is 0 Å². The lowest BCUT2D eigenvalue weighted by atomic mass is 10.0. The Labute approximate surface area is 134 Å². The molecule has 120 valence electrons. The van der Waals surface area contributed by atoms with E-state index in [9.17, 15) is 8.69 Å². The van der Waals surface area contributed by atoms with Gasteiger partial charge in [0.1, 0.15) is 22.3 Å². The molecule has 2 aliphatic rings. The maximum absolute atomic E-state index is 12.8. The fourth-order valence-corrected chi connectivity index (χ4v) is 4.27. The minimum Gasteiger partial charge on any atom is -0.490 e. The van der Waals surface area contributed by atoms with Crippen molar-refractivity contribution in [3.8, 4) is 5.75 Å². The van der Waals surface area contributed by atoms with Crippen LogP contribution in [0.3, 0.4) is 0 Å². The first-order chi connectivity index (χ1) is 10.7. The summed E-state index contributed by atoms with van der Waals surface area (Å²) in [5, 5.41) is 0.862. The van der Waals surface area contributed by atoms with Gasteiger partial charge in [0, 0.05) is 32.2 Å². The Kier molecular flexibility index (Phi) is 5.24. The summed E-state index contributed by atoms with van der Waals surface area (Å²) in [6.45, 7) is 2.96. The van der Waals surface area contributed by atoms with E-state index in [1.807, 2.05) is 24.3 Å². The molecular weight excluding hydrogens is 322 g/mol. The molecule has 0 saturated carbocycles. The largest absolute Gasteiger partial charge is 0.490 e. The summed E-state index contributed by atoms with van der Waals surface area (Å²) in [5.74, 6) is 0.770. The van der Waals surface area contributed by atoms with Crippen LogP contribution in [-0.2, 0) is 10.4 Å². The monoisotopic (exact) mass is 342 g/mol. The van der Waals surface area contributed by atoms with Crippen LogP contribution in [0.1, 0.15) is 12.8 Å². The molecule has 1 atom stereocenters. The molecule has 2 saturated heterocycles. The summed E-state index contributed by atoms with van der Waals surface area (Å²) >= 11 is 0. The van der Waals surface area contributed by atoms with Crippen LogP contribution in [0.4, 0.5) is 4.48 Å². The van der Waals surface area contributed by atoms with Gasteiger partial charge in [-0.2, -0.15) is 0 Å². The molecule has 0 amide bonds. The number of hydrogen-bond donors (Lipinski definition) is 0. The summed E-state index contributed by atoms with van der Waals surface area (Å²) in [6.07, 6.45) is 5.72. The zero-order valence-corrected chi connectivity index (χ0v) is 14.1. The summed E-state index contributed by atoms with van der Waals surface area (Å²) < 4.78 is 30.6. The number of hydrogen-bond acceptors (Lipinski definition) is 4. The smallest absolute Gasteiger partial charge is 0.120 e. The van der Waals surface area contributed by atoms with E-state index in [0.717, 1.165) is 41.7 Å². The highest BCUT2D eigenvalue weighted by molar-refractivity contribution is 8.38. The van der Waals surface area contributed by atoms with Crippen molar-refractivity contribution < 1.29 is 13.4 Å². The first kappa shape index (κ1) is 16.1. The number of benzene rings is 1. The van der Waals surface area contributed by atoms with E-state index < -0.39 is 10.4 Å². The normalized spacial score (nSPS) is 23.3. The minimum atomic E-state index is -1.08. The molecule has 22 heavy (non-hydrogen) atoms. The Balaban J connectivity index is 1.52. The van der Waals surface area contributed by atoms with Gasteiger partial charge in [-0.05, 0) is 38.4 Å². The molecule has 1 unspecified atom stereocenters. The van der Waals surface area contributed by atoms with E-state index in [-0.39, 0.29) is 6.10 Å². The lowest BCUT2D eigenvalue weighted by molar-refractivity contribution is -0.103. The third kappa shape index (κ3) is 3.74. The molecule has 0 spiro atoms. The average Bonchev–Trinajstić information content (AvgIpc) is 2.52. The molecule has 2 heterocycles. The van der Waals surface area contributed by atoms with Crippen LogP contribution in [-0.4, -0.2) is 58.9 Å². The minimum absolute atomic E-state index is 0.179. The molecule has 7 heteroatoms. The van der Waals surface area contributed by atoms with Gasteiger partial charge >= 0.3 is 0 Å². The molecule has 0 aliphatic carbocycles. The van der Waals surface area contributed by atoms with Gasteiger partial charge in [-0.15, -0.1) is 9.60 Å². The predicted molar refractivity (Wildman–Crippen MR) is 88.6 cm³/mol. The standard InChI is InChI=1S/C15H20FN2O2PS/c1-21-22(19)15-4-2-3-14(9-15)20-13-5-7-17(8-6-13)12-10-18(16)11-12/h2-4,9,12-13H,1,5-8,10-11H2. The van der Waals surface area contributed by atoms with Crippen molar-refractivity contribution in [1.29, 1.82) is 0 Å². The number of nitrogens with zero attached hydrogens (tertiary/aromatic N) is 2. The van der Waals surface area contributed by atoms with E-state index >= 15 is 0 Å². The SMILES string of the molecule is C=PS(=O)c1cccc(OC2CCN(C3CN(F)C3)CC2)c1. The van der Waals surface area contributed by atoms with E-state index in [0.29, 0.717) is 26.5 Å². The molecule has 1 aromatic carbocycles. The number of halogens is 1. The van der Waals surface area contributed by atoms with Crippen LogP contribution in [0.2, 0.25) is 0 Å². The average molecular weight is 342 g/mol.